The van der Waals surface area contributed by atoms with Crippen molar-refractivity contribution < 1.29 is 0 Å². The van der Waals surface area contributed by atoms with E-state index < -0.39 is 0 Å². The first-order valence-electron chi connectivity index (χ1n) is 7.04. The number of nitrogens with zero attached hydrogens (tertiary/aromatic N) is 1. The molecule has 0 fully saturated rings. The molecule has 0 aliphatic heterocycles. The average Bonchev–Trinajstić information content (AvgIpc) is 2.91. The van der Waals surface area contributed by atoms with Crippen molar-refractivity contribution in [2.75, 3.05) is 5.32 Å². The van der Waals surface area contributed by atoms with Crippen LogP contribution in [0.15, 0.2) is 42.5 Å². The van der Waals surface area contributed by atoms with Crippen LogP contribution in [-0.4, -0.2) is 4.98 Å². The Hall–Kier alpha value is -1.87. The smallest absolute Gasteiger partial charge is 0.105 e. The first-order valence-corrected chi connectivity index (χ1v) is 7.86. The summed E-state index contributed by atoms with van der Waals surface area (Å²) in [6.07, 6.45) is 2.03. The van der Waals surface area contributed by atoms with Gasteiger partial charge in [-0.05, 0) is 42.7 Å². The molecule has 0 unspecified atom stereocenters. The standard InChI is InChI=1S/C17H18N2S/c1-3-12-10-14(18-13-8-6-5-7-9-13)17-15(11-12)20-16(4-2)19-17/h5-11,18H,3-4H2,1-2H3. The van der Waals surface area contributed by atoms with Crippen molar-refractivity contribution in [1.29, 1.82) is 0 Å². The second-order valence-corrected chi connectivity index (χ2v) is 5.91. The van der Waals surface area contributed by atoms with Crippen LogP contribution in [0, 0.1) is 0 Å². The van der Waals surface area contributed by atoms with E-state index in [1.165, 1.54) is 15.3 Å². The Balaban J connectivity index is 2.09. The Labute approximate surface area is 123 Å². The summed E-state index contributed by atoms with van der Waals surface area (Å²) >= 11 is 1.80. The molecule has 0 atom stereocenters. The van der Waals surface area contributed by atoms with E-state index in [2.05, 4.69) is 43.4 Å². The van der Waals surface area contributed by atoms with Crippen LogP contribution in [0.3, 0.4) is 0 Å². The molecule has 102 valence electrons. The molecule has 0 bridgehead atoms. The fourth-order valence-electron chi connectivity index (χ4n) is 2.26. The van der Waals surface area contributed by atoms with Gasteiger partial charge in [0, 0.05) is 5.69 Å². The number of nitrogens with one attached hydrogen (secondary N) is 1. The van der Waals surface area contributed by atoms with Crippen molar-refractivity contribution in [3.63, 3.8) is 0 Å². The predicted octanol–water partition coefficient (Wildman–Crippen LogP) is 5.16. The normalized spacial score (nSPS) is 10.9. The Morgan fingerprint density at radius 3 is 2.55 bits per heavy atom. The average molecular weight is 282 g/mol. The number of hydrogen-bond acceptors (Lipinski definition) is 3. The number of para-hydroxylation sites is 1. The number of aryl methyl sites for hydroxylation is 2. The lowest BCUT2D eigenvalue weighted by molar-refractivity contribution is 1.11. The first-order chi connectivity index (χ1) is 9.80. The van der Waals surface area contributed by atoms with E-state index in [0.717, 1.165) is 29.7 Å². The van der Waals surface area contributed by atoms with Gasteiger partial charge in [0.05, 0.1) is 15.4 Å². The maximum absolute atomic E-state index is 4.76. The summed E-state index contributed by atoms with van der Waals surface area (Å²) in [5, 5.41) is 4.70. The molecule has 2 aromatic carbocycles. The summed E-state index contributed by atoms with van der Waals surface area (Å²) in [5.41, 5.74) is 4.66. The minimum Gasteiger partial charge on any atom is -0.354 e. The topological polar surface area (TPSA) is 24.9 Å². The highest BCUT2D eigenvalue weighted by atomic mass is 32.1. The zero-order valence-electron chi connectivity index (χ0n) is 11.8. The number of benzene rings is 2. The van der Waals surface area contributed by atoms with Crippen molar-refractivity contribution in [3.05, 3.63) is 53.0 Å². The maximum atomic E-state index is 4.76. The van der Waals surface area contributed by atoms with Gasteiger partial charge in [-0.25, -0.2) is 4.98 Å². The summed E-state index contributed by atoms with van der Waals surface area (Å²) in [6, 6.07) is 14.8. The molecule has 3 heteroatoms. The van der Waals surface area contributed by atoms with E-state index in [4.69, 9.17) is 4.98 Å². The number of anilines is 2. The first kappa shape index (κ1) is 13.1. The lowest BCUT2D eigenvalue weighted by atomic mass is 10.1. The lowest BCUT2D eigenvalue weighted by Gasteiger charge is -2.09. The summed E-state index contributed by atoms with van der Waals surface area (Å²) < 4.78 is 1.28. The Morgan fingerprint density at radius 2 is 1.85 bits per heavy atom. The Kier molecular flexibility index (Phi) is 3.70. The number of aromatic nitrogens is 1. The monoisotopic (exact) mass is 282 g/mol. The van der Waals surface area contributed by atoms with E-state index in [1.807, 2.05) is 18.2 Å². The molecule has 0 aliphatic carbocycles. The largest absolute Gasteiger partial charge is 0.354 e. The van der Waals surface area contributed by atoms with Gasteiger partial charge in [0.2, 0.25) is 0 Å². The zero-order valence-corrected chi connectivity index (χ0v) is 12.6. The molecule has 0 aliphatic rings. The minimum atomic E-state index is 0.992. The van der Waals surface area contributed by atoms with Gasteiger partial charge >= 0.3 is 0 Å². The van der Waals surface area contributed by atoms with Gasteiger partial charge in [0.25, 0.3) is 0 Å². The van der Waals surface area contributed by atoms with Crippen molar-refractivity contribution in [1.82, 2.24) is 4.98 Å². The third kappa shape index (κ3) is 2.54. The quantitative estimate of drug-likeness (QED) is 0.714. The second-order valence-electron chi connectivity index (χ2n) is 4.80. The van der Waals surface area contributed by atoms with Gasteiger partial charge in [-0.15, -0.1) is 11.3 Å². The third-order valence-electron chi connectivity index (χ3n) is 3.36. The zero-order chi connectivity index (χ0) is 13.9. The minimum absolute atomic E-state index is 0.992. The van der Waals surface area contributed by atoms with Crippen molar-refractivity contribution in [2.24, 2.45) is 0 Å². The molecular formula is C17H18N2S. The van der Waals surface area contributed by atoms with Crippen LogP contribution < -0.4 is 5.32 Å². The van der Waals surface area contributed by atoms with E-state index in [0.29, 0.717) is 0 Å². The molecule has 0 saturated carbocycles. The Morgan fingerprint density at radius 1 is 1.05 bits per heavy atom. The Bertz CT molecular complexity index is 716. The molecule has 1 heterocycles. The fraction of sp³-hybridized carbons (Fsp3) is 0.235. The lowest BCUT2D eigenvalue weighted by Crippen LogP contribution is -1.93. The second kappa shape index (κ2) is 5.63. The van der Waals surface area contributed by atoms with Gasteiger partial charge in [-0.1, -0.05) is 32.0 Å². The predicted molar refractivity (Wildman–Crippen MR) is 88.1 cm³/mol. The summed E-state index contributed by atoms with van der Waals surface area (Å²) in [6.45, 7) is 4.35. The van der Waals surface area contributed by atoms with Crippen LogP contribution in [0.2, 0.25) is 0 Å². The molecule has 1 aromatic heterocycles. The molecule has 3 rings (SSSR count). The molecule has 0 saturated heterocycles. The molecule has 20 heavy (non-hydrogen) atoms. The number of thiazole rings is 1. The molecule has 0 spiro atoms. The number of hydrogen-bond donors (Lipinski definition) is 1. The molecule has 0 amide bonds. The summed E-state index contributed by atoms with van der Waals surface area (Å²) in [4.78, 5) is 4.76. The van der Waals surface area contributed by atoms with E-state index in [1.54, 1.807) is 11.3 Å². The third-order valence-corrected chi connectivity index (χ3v) is 4.51. The van der Waals surface area contributed by atoms with E-state index in [9.17, 15) is 0 Å². The highest BCUT2D eigenvalue weighted by molar-refractivity contribution is 7.18. The van der Waals surface area contributed by atoms with Crippen molar-refractivity contribution >= 4 is 32.9 Å². The van der Waals surface area contributed by atoms with Crippen LogP contribution >= 0.6 is 11.3 Å². The SMILES string of the molecule is CCc1cc(Nc2ccccc2)c2nc(CC)sc2c1. The number of fused-ring (bicyclic) bond motifs is 1. The van der Waals surface area contributed by atoms with Gasteiger partial charge in [-0.3, -0.25) is 0 Å². The molecule has 1 N–H and O–H groups in total. The van der Waals surface area contributed by atoms with Crippen LogP contribution in [0.1, 0.15) is 24.4 Å². The summed E-state index contributed by atoms with van der Waals surface area (Å²) in [7, 11) is 0. The molecule has 3 aromatic rings. The summed E-state index contributed by atoms with van der Waals surface area (Å²) in [5.74, 6) is 0. The van der Waals surface area contributed by atoms with E-state index in [-0.39, 0.29) is 0 Å². The molecular weight excluding hydrogens is 264 g/mol. The highest BCUT2D eigenvalue weighted by Gasteiger charge is 2.09. The fourth-order valence-corrected chi connectivity index (χ4v) is 3.26. The van der Waals surface area contributed by atoms with Crippen LogP contribution in [0.4, 0.5) is 11.4 Å². The maximum Gasteiger partial charge on any atom is 0.105 e. The van der Waals surface area contributed by atoms with Crippen molar-refractivity contribution in [2.45, 2.75) is 26.7 Å². The molecule has 2 nitrogen and oxygen atoms in total. The van der Waals surface area contributed by atoms with Gasteiger partial charge in [0.15, 0.2) is 0 Å². The van der Waals surface area contributed by atoms with Crippen molar-refractivity contribution in [3.8, 4) is 0 Å². The van der Waals surface area contributed by atoms with Crippen LogP contribution in [0.25, 0.3) is 10.2 Å². The van der Waals surface area contributed by atoms with Crippen LogP contribution in [-0.2, 0) is 12.8 Å². The van der Waals surface area contributed by atoms with Gasteiger partial charge < -0.3 is 5.32 Å². The van der Waals surface area contributed by atoms with Gasteiger partial charge in [-0.2, -0.15) is 0 Å². The van der Waals surface area contributed by atoms with Gasteiger partial charge in [0.1, 0.15) is 5.52 Å². The van der Waals surface area contributed by atoms with E-state index >= 15 is 0 Å². The van der Waals surface area contributed by atoms with Crippen LogP contribution in [0.5, 0.6) is 0 Å². The number of rotatable bonds is 4. The molecule has 0 radical (unpaired) electrons. The highest BCUT2D eigenvalue weighted by Crippen LogP contribution is 2.32.